The number of anilines is 1. The second kappa shape index (κ2) is 10.5. The molecule has 0 saturated carbocycles. The first-order valence-corrected chi connectivity index (χ1v) is 12.3. The minimum absolute atomic E-state index is 0.0824. The van der Waals surface area contributed by atoms with Crippen LogP contribution in [0.25, 0.3) is 11.0 Å². The Balaban J connectivity index is 1.65. The van der Waals surface area contributed by atoms with E-state index >= 15 is 0 Å². The average Bonchev–Trinajstić information content (AvgIpc) is 3.23. The van der Waals surface area contributed by atoms with Gasteiger partial charge in [0, 0.05) is 31.2 Å². The number of nitrogens with two attached hydrogens (primary N) is 1. The van der Waals surface area contributed by atoms with E-state index in [1.54, 1.807) is 41.0 Å². The third kappa shape index (κ3) is 4.76. The Kier molecular flexibility index (Phi) is 6.94. The minimum atomic E-state index is -0.466. The van der Waals surface area contributed by atoms with Gasteiger partial charge < -0.3 is 19.9 Å². The Hall–Kier alpha value is -4.49. The predicted molar refractivity (Wildman–Crippen MR) is 141 cm³/mol. The zero-order chi connectivity index (χ0) is 26.8. The predicted octanol–water partition coefficient (Wildman–Crippen LogP) is 3.08. The van der Waals surface area contributed by atoms with Crippen molar-refractivity contribution in [1.82, 2.24) is 14.1 Å². The second-order valence-electron chi connectivity index (χ2n) is 9.40. The lowest BCUT2D eigenvalue weighted by atomic mass is 10.1. The molecule has 9 nitrogen and oxygen atoms in total. The average molecular weight is 515 g/mol. The number of piperidine rings is 1. The summed E-state index contributed by atoms with van der Waals surface area (Å²) >= 11 is 0. The maximum Gasteiger partial charge on any atom is 0.278 e. The van der Waals surface area contributed by atoms with Crippen molar-refractivity contribution < 1.29 is 13.9 Å². The molecule has 38 heavy (non-hydrogen) atoms. The Morgan fingerprint density at radius 1 is 1.26 bits per heavy atom. The van der Waals surface area contributed by atoms with Gasteiger partial charge in [-0.1, -0.05) is 24.3 Å². The number of halogens is 1. The van der Waals surface area contributed by atoms with E-state index in [0.29, 0.717) is 35.8 Å². The number of methoxy groups -OCH3 is 1. The van der Waals surface area contributed by atoms with Crippen LogP contribution in [0.2, 0.25) is 0 Å². The topological polar surface area (TPSA) is 119 Å². The molecule has 1 fully saturated rings. The van der Waals surface area contributed by atoms with Crippen molar-refractivity contribution in [3.05, 3.63) is 87.7 Å². The fraction of sp³-hybridized carbons (Fsp3) is 0.286. The van der Waals surface area contributed by atoms with Gasteiger partial charge in [0.25, 0.3) is 5.56 Å². The molecular formula is C28H27FN6O3. The zero-order valence-electron chi connectivity index (χ0n) is 20.9. The van der Waals surface area contributed by atoms with Crippen LogP contribution < -0.4 is 20.9 Å². The summed E-state index contributed by atoms with van der Waals surface area (Å²) in [6, 6.07) is 14.9. The molecule has 2 aromatic carbocycles. The third-order valence-corrected chi connectivity index (χ3v) is 6.80. The smallest absolute Gasteiger partial charge is 0.278 e. The van der Waals surface area contributed by atoms with Crippen molar-refractivity contribution in [3.8, 4) is 11.8 Å². The molecule has 3 heterocycles. The van der Waals surface area contributed by atoms with Crippen molar-refractivity contribution in [1.29, 1.82) is 5.26 Å². The van der Waals surface area contributed by atoms with Gasteiger partial charge in [-0.3, -0.25) is 14.2 Å². The van der Waals surface area contributed by atoms with E-state index in [4.69, 9.17) is 10.5 Å². The summed E-state index contributed by atoms with van der Waals surface area (Å²) in [6.07, 6.45) is 2.99. The fourth-order valence-electron chi connectivity index (χ4n) is 5.01. The number of benzene rings is 2. The highest BCUT2D eigenvalue weighted by molar-refractivity contribution is 5.96. The molecule has 0 radical (unpaired) electrons. The van der Waals surface area contributed by atoms with Gasteiger partial charge in [0.05, 0.1) is 20.0 Å². The molecular weight excluding hydrogens is 487 g/mol. The van der Waals surface area contributed by atoms with Crippen molar-refractivity contribution in [3.63, 3.8) is 0 Å². The molecule has 4 aromatic rings. The van der Waals surface area contributed by atoms with E-state index in [1.165, 1.54) is 30.1 Å². The third-order valence-electron chi connectivity index (χ3n) is 6.80. The first-order chi connectivity index (χ1) is 18.4. The van der Waals surface area contributed by atoms with Gasteiger partial charge in [-0.2, -0.15) is 5.26 Å². The van der Waals surface area contributed by atoms with Crippen LogP contribution >= 0.6 is 0 Å². The molecule has 2 N–H and O–H groups in total. The van der Waals surface area contributed by atoms with Crippen LogP contribution in [0.15, 0.2) is 59.7 Å². The number of rotatable bonds is 7. The quantitative estimate of drug-likeness (QED) is 0.377. The largest absolute Gasteiger partial charge is 0.497 e. The van der Waals surface area contributed by atoms with Crippen LogP contribution in [0, 0.1) is 17.1 Å². The summed E-state index contributed by atoms with van der Waals surface area (Å²) in [5.74, 6) is 0.366. The molecule has 2 aromatic heterocycles. The number of hydrogen-bond donors (Lipinski definition) is 1. The first-order valence-electron chi connectivity index (χ1n) is 12.3. The number of fused-ring (bicyclic) bond motifs is 1. The number of nitrogens with zero attached hydrogens (tertiary/aromatic N) is 5. The standard InChI is InChI=1S/C28H27FN6O3/c1-38-22-9-3-6-19(12-22)24(36)16-34-17-32-25-23(13-30)27(33-10-4-8-21(31)15-33)35(26(25)28(34)37)14-18-5-2-7-20(29)11-18/h2-3,5-7,9,11-12,17,21H,4,8,10,14-16,31H2,1H3/t21-/m0/s1. The minimum Gasteiger partial charge on any atom is -0.497 e. The molecule has 0 bridgehead atoms. The molecule has 1 aliphatic heterocycles. The number of Topliss-reactive ketones (excluding diaryl/α,β-unsaturated/α-hetero) is 1. The Bertz CT molecular complexity index is 1620. The normalized spacial score (nSPS) is 15.4. The zero-order valence-corrected chi connectivity index (χ0v) is 20.9. The summed E-state index contributed by atoms with van der Waals surface area (Å²) in [6.45, 7) is 1.06. The number of ether oxygens (including phenoxy) is 1. The van der Waals surface area contributed by atoms with Crippen LogP contribution in [0.3, 0.4) is 0 Å². The summed E-state index contributed by atoms with van der Waals surface area (Å²) in [7, 11) is 1.51. The van der Waals surface area contributed by atoms with E-state index in [-0.39, 0.29) is 41.5 Å². The van der Waals surface area contributed by atoms with Crippen LogP contribution in [0.4, 0.5) is 10.2 Å². The summed E-state index contributed by atoms with van der Waals surface area (Å²) in [5, 5.41) is 10.1. The van der Waals surface area contributed by atoms with Gasteiger partial charge in [0.1, 0.15) is 40.1 Å². The molecule has 1 aliphatic rings. The fourth-order valence-corrected chi connectivity index (χ4v) is 5.01. The van der Waals surface area contributed by atoms with Crippen molar-refractivity contribution >= 4 is 22.6 Å². The van der Waals surface area contributed by atoms with Crippen molar-refractivity contribution in [2.24, 2.45) is 5.73 Å². The monoisotopic (exact) mass is 514 g/mol. The van der Waals surface area contributed by atoms with Crippen molar-refractivity contribution in [2.45, 2.75) is 32.0 Å². The lowest BCUT2D eigenvalue weighted by molar-refractivity contribution is 0.0970. The van der Waals surface area contributed by atoms with E-state index in [0.717, 1.165) is 12.8 Å². The summed E-state index contributed by atoms with van der Waals surface area (Å²) < 4.78 is 22.2. The summed E-state index contributed by atoms with van der Waals surface area (Å²) in [5.41, 5.74) is 7.48. The number of aromatic nitrogens is 3. The van der Waals surface area contributed by atoms with Crippen LogP contribution in [-0.4, -0.2) is 46.1 Å². The number of nitriles is 1. The van der Waals surface area contributed by atoms with Gasteiger partial charge in [0.15, 0.2) is 5.78 Å². The van der Waals surface area contributed by atoms with Gasteiger partial charge >= 0.3 is 0 Å². The number of carbonyl (C=O) groups excluding carboxylic acids is 1. The SMILES string of the molecule is COc1cccc(C(=O)Cn2cnc3c(C#N)c(N4CCC[C@H](N)C4)n(Cc4cccc(F)c4)c3c2=O)c1. The first kappa shape index (κ1) is 25.2. The van der Waals surface area contributed by atoms with Gasteiger partial charge in [-0.05, 0) is 42.7 Å². The van der Waals surface area contributed by atoms with Gasteiger partial charge in [0.2, 0.25) is 0 Å². The molecule has 10 heteroatoms. The molecule has 0 unspecified atom stereocenters. The molecule has 0 spiro atoms. The number of hydrogen-bond acceptors (Lipinski definition) is 7. The van der Waals surface area contributed by atoms with E-state index in [2.05, 4.69) is 11.1 Å². The Morgan fingerprint density at radius 3 is 2.82 bits per heavy atom. The maximum absolute atomic E-state index is 14.1. The molecule has 194 valence electrons. The molecule has 1 saturated heterocycles. The highest BCUT2D eigenvalue weighted by Crippen LogP contribution is 2.32. The van der Waals surface area contributed by atoms with Crippen molar-refractivity contribution in [2.75, 3.05) is 25.1 Å². The molecule has 0 aliphatic carbocycles. The Labute approximate surface area is 218 Å². The van der Waals surface area contributed by atoms with Gasteiger partial charge in [-0.15, -0.1) is 0 Å². The Morgan fingerprint density at radius 2 is 2.08 bits per heavy atom. The van der Waals surface area contributed by atoms with E-state index in [1.807, 2.05) is 4.90 Å². The lowest BCUT2D eigenvalue weighted by Crippen LogP contribution is -2.44. The number of carbonyl (C=O) groups is 1. The highest BCUT2D eigenvalue weighted by atomic mass is 19.1. The van der Waals surface area contributed by atoms with Crippen LogP contribution in [-0.2, 0) is 13.1 Å². The number of ketones is 1. The summed E-state index contributed by atoms with van der Waals surface area (Å²) in [4.78, 5) is 33.3. The molecule has 5 rings (SSSR count). The van der Waals surface area contributed by atoms with E-state index < -0.39 is 11.4 Å². The maximum atomic E-state index is 14.1. The van der Waals surface area contributed by atoms with Crippen LogP contribution in [0.1, 0.15) is 34.3 Å². The second-order valence-corrected chi connectivity index (χ2v) is 9.40. The van der Waals surface area contributed by atoms with E-state index in [9.17, 15) is 19.2 Å². The van der Waals surface area contributed by atoms with Gasteiger partial charge in [-0.25, -0.2) is 9.37 Å². The van der Waals surface area contributed by atoms with Crippen LogP contribution in [0.5, 0.6) is 5.75 Å². The highest BCUT2D eigenvalue weighted by Gasteiger charge is 2.29. The molecule has 1 atom stereocenters. The lowest BCUT2D eigenvalue weighted by Gasteiger charge is -2.33. The molecule has 0 amide bonds.